The van der Waals surface area contributed by atoms with E-state index in [-0.39, 0.29) is 70.5 Å². The Bertz CT molecular complexity index is 841. The fourth-order valence-corrected chi connectivity index (χ4v) is 6.91. The normalized spacial score (nSPS) is 32.6. The number of alkyl halides is 2. The molecule has 2 saturated carbocycles. The fourth-order valence-electron chi connectivity index (χ4n) is 4.77. The lowest BCUT2D eigenvalue weighted by molar-refractivity contribution is -0.145. The largest absolute Gasteiger partial charge is 0.457 e. The summed E-state index contributed by atoms with van der Waals surface area (Å²) in [6, 6.07) is 6.75. The summed E-state index contributed by atoms with van der Waals surface area (Å²) in [5.74, 6) is -1.58. The summed E-state index contributed by atoms with van der Waals surface area (Å²) in [7, 11) is 0. The number of rotatable bonds is 6. The molecule has 0 spiro atoms. The van der Waals surface area contributed by atoms with Crippen molar-refractivity contribution in [2.24, 2.45) is 23.7 Å². The Labute approximate surface area is 193 Å². The van der Waals surface area contributed by atoms with Crippen LogP contribution in [0, 0.1) is 23.7 Å². The Morgan fingerprint density at radius 3 is 2.10 bits per heavy atom. The molecule has 3 fully saturated rings. The molecule has 1 saturated heterocycles. The lowest BCUT2D eigenvalue weighted by Gasteiger charge is -2.28. The minimum atomic E-state index is -0.604. The number of esters is 1. The molecule has 0 N–H and O–H groups in total. The number of carbonyl (C=O) groups is 4. The lowest BCUT2D eigenvalue weighted by atomic mass is 9.81. The molecule has 2 amide bonds. The zero-order valence-corrected chi connectivity index (χ0v) is 20.0. The van der Waals surface area contributed by atoms with Crippen LogP contribution >= 0.6 is 47.8 Å². The molecule has 2 aliphatic carbocycles. The number of Topliss-reactive ketones (excluding diaryl/α,β-unsaturated/α-hetero) is 1. The molecule has 29 heavy (non-hydrogen) atoms. The van der Waals surface area contributed by atoms with Crippen molar-refractivity contribution in [1.29, 1.82) is 0 Å². The number of likely N-dealkylation sites (tertiary alicyclic amines) is 1. The van der Waals surface area contributed by atoms with Gasteiger partial charge in [0.2, 0.25) is 11.8 Å². The molecule has 1 heterocycles. The van der Waals surface area contributed by atoms with E-state index in [2.05, 4.69) is 47.8 Å². The van der Waals surface area contributed by atoms with Crippen molar-refractivity contribution in [3.63, 3.8) is 0 Å². The molecule has 1 aromatic rings. The molecule has 3 aliphatic rings. The highest BCUT2D eigenvalue weighted by Gasteiger charge is 2.66. The minimum absolute atomic E-state index is 0.00464. The molecule has 2 bridgehead atoms. The number of imide groups is 1. The summed E-state index contributed by atoms with van der Waals surface area (Å²) in [4.78, 5) is 51.3. The van der Waals surface area contributed by atoms with Crippen LogP contribution < -0.4 is 0 Å². The van der Waals surface area contributed by atoms with Gasteiger partial charge in [-0.2, -0.15) is 0 Å². The highest BCUT2D eigenvalue weighted by Crippen LogP contribution is 2.60. The number of carbonyl (C=O) groups excluding carboxylic acids is 4. The van der Waals surface area contributed by atoms with E-state index in [4.69, 9.17) is 4.74 Å². The molecule has 154 valence electrons. The maximum absolute atomic E-state index is 12.8. The summed E-state index contributed by atoms with van der Waals surface area (Å²) in [6.07, 6.45) is 0.752. The van der Waals surface area contributed by atoms with Gasteiger partial charge in [0.1, 0.15) is 0 Å². The van der Waals surface area contributed by atoms with Gasteiger partial charge in [0, 0.05) is 26.2 Å². The smallest absolute Gasteiger partial charge is 0.308 e. The third kappa shape index (κ3) is 3.74. The van der Waals surface area contributed by atoms with Gasteiger partial charge in [0.15, 0.2) is 12.4 Å². The van der Waals surface area contributed by atoms with E-state index >= 15 is 0 Å². The average Bonchev–Trinajstić information content (AvgIpc) is 3.30. The standard InChI is InChI=1S/C20H18Br3NO5/c21-10-3-1-9(2-4-10)13(25)8-29-14(26)5-6-24-19(27)15-11-7-12(16(15)20(24)28)18(23)17(11)22/h1-4,11-12,15-18H,5-8H2. The summed E-state index contributed by atoms with van der Waals surface area (Å²) in [5, 5.41) is 0. The van der Waals surface area contributed by atoms with Crippen molar-refractivity contribution >= 4 is 71.4 Å². The number of halogens is 3. The number of amides is 2. The second-order valence-electron chi connectivity index (χ2n) is 7.67. The number of benzene rings is 1. The molecule has 1 aromatic carbocycles. The quantitative estimate of drug-likeness (QED) is 0.219. The number of hydrogen-bond acceptors (Lipinski definition) is 5. The predicted molar refractivity (Wildman–Crippen MR) is 115 cm³/mol. The van der Waals surface area contributed by atoms with Crippen molar-refractivity contribution in [2.75, 3.05) is 13.2 Å². The van der Waals surface area contributed by atoms with Crippen molar-refractivity contribution in [3.05, 3.63) is 34.3 Å². The monoisotopic (exact) mass is 589 g/mol. The van der Waals surface area contributed by atoms with Crippen molar-refractivity contribution in [3.8, 4) is 0 Å². The maximum Gasteiger partial charge on any atom is 0.308 e. The molecule has 6 unspecified atom stereocenters. The summed E-state index contributed by atoms with van der Waals surface area (Å²) < 4.78 is 5.89. The van der Waals surface area contributed by atoms with Crippen LogP contribution in [0.3, 0.4) is 0 Å². The van der Waals surface area contributed by atoms with Crippen molar-refractivity contribution in [1.82, 2.24) is 4.90 Å². The molecule has 9 heteroatoms. The van der Waals surface area contributed by atoms with Crippen molar-refractivity contribution < 1.29 is 23.9 Å². The SMILES string of the molecule is O=C(CCN1C(=O)C2C3CC(C(Br)C3Br)C2C1=O)OCC(=O)c1ccc(Br)cc1. The number of ketones is 1. The Hall–Kier alpha value is -1.06. The van der Waals surface area contributed by atoms with Gasteiger partial charge < -0.3 is 4.74 Å². The van der Waals surface area contributed by atoms with Gasteiger partial charge in [-0.25, -0.2) is 0 Å². The second-order valence-corrected chi connectivity index (χ2v) is 10.7. The fraction of sp³-hybridized carbons (Fsp3) is 0.500. The molecule has 6 nitrogen and oxygen atoms in total. The lowest BCUT2D eigenvalue weighted by Crippen LogP contribution is -2.37. The van der Waals surface area contributed by atoms with E-state index < -0.39 is 5.97 Å². The van der Waals surface area contributed by atoms with Crippen LogP contribution in [0.2, 0.25) is 0 Å². The van der Waals surface area contributed by atoms with Crippen LogP contribution in [0.4, 0.5) is 0 Å². The van der Waals surface area contributed by atoms with E-state index in [1.807, 2.05) is 0 Å². The minimum Gasteiger partial charge on any atom is -0.457 e. The van der Waals surface area contributed by atoms with E-state index in [9.17, 15) is 19.2 Å². The molecule has 4 rings (SSSR count). The van der Waals surface area contributed by atoms with Gasteiger partial charge in [-0.1, -0.05) is 59.9 Å². The molecule has 0 aromatic heterocycles. The van der Waals surface area contributed by atoms with Gasteiger partial charge >= 0.3 is 5.97 Å². The Balaban J connectivity index is 1.30. The van der Waals surface area contributed by atoms with Crippen LogP contribution in [0.1, 0.15) is 23.2 Å². The van der Waals surface area contributed by atoms with Crippen LogP contribution in [-0.4, -0.2) is 51.3 Å². The highest BCUT2D eigenvalue weighted by molar-refractivity contribution is 9.12. The second kappa shape index (κ2) is 8.23. The first-order valence-corrected chi connectivity index (χ1v) is 12.0. The van der Waals surface area contributed by atoms with E-state index in [0.717, 1.165) is 10.9 Å². The Kier molecular flexibility index (Phi) is 6.01. The van der Waals surface area contributed by atoms with Crippen LogP contribution in [0.25, 0.3) is 0 Å². The third-order valence-corrected chi connectivity index (χ3v) is 9.88. The zero-order valence-electron chi connectivity index (χ0n) is 15.2. The number of nitrogens with zero attached hydrogens (tertiary/aromatic N) is 1. The van der Waals surface area contributed by atoms with Crippen LogP contribution in [0.15, 0.2) is 28.7 Å². The molecule has 1 aliphatic heterocycles. The first kappa shape index (κ1) is 21.2. The zero-order chi connectivity index (χ0) is 20.9. The van der Waals surface area contributed by atoms with Gasteiger partial charge in [-0.05, 0) is 30.4 Å². The Morgan fingerprint density at radius 1 is 1.00 bits per heavy atom. The van der Waals surface area contributed by atoms with Crippen LogP contribution in [0.5, 0.6) is 0 Å². The van der Waals surface area contributed by atoms with E-state index in [1.165, 1.54) is 4.90 Å². The third-order valence-electron chi connectivity index (χ3n) is 6.15. The highest BCUT2D eigenvalue weighted by atomic mass is 79.9. The average molecular weight is 592 g/mol. The Morgan fingerprint density at radius 2 is 1.55 bits per heavy atom. The topological polar surface area (TPSA) is 80.8 Å². The van der Waals surface area contributed by atoms with E-state index in [0.29, 0.717) is 5.56 Å². The maximum atomic E-state index is 12.8. The first-order chi connectivity index (χ1) is 13.8. The van der Waals surface area contributed by atoms with Crippen LogP contribution in [-0.2, 0) is 19.1 Å². The predicted octanol–water partition coefficient (Wildman–Crippen LogP) is 3.34. The molecule has 6 atom stereocenters. The first-order valence-electron chi connectivity index (χ1n) is 9.37. The van der Waals surface area contributed by atoms with E-state index in [1.54, 1.807) is 24.3 Å². The molecular weight excluding hydrogens is 574 g/mol. The molecular formula is C20H18Br3NO5. The molecule has 0 radical (unpaired) electrons. The summed E-state index contributed by atoms with van der Waals surface area (Å²) in [6.45, 7) is -0.371. The van der Waals surface area contributed by atoms with Gasteiger partial charge in [0.05, 0.1) is 18.3 Å². The number of fused-ring (bicyclic) bond motifs is 5. The van der Waals surface area contributed by atoms with Gasteiger partial charge in [-0.15, -0.1) is 0 Å². The van der Waals surface area contributed by atoms with Gasteiger partial charge in [-0.3, -0.25) is 24.1 Å². The summed E-state index contributed by atoms with van der Waals surface area (Å²) >= 11 is 10.6. The number of ether oxygens (including phenoxy) is 1. The number of hydrogen-bond donors (Lipinski definition) is 0. The van der Waals surface area contributed by atoms with Crippen molar-refractivity contribution in [2.45, 2.75) is 22.5 Å². The van der Waals surface area contributed by atoms with Gasteiger partial charge in [0.25, 0.3) is 0 Å². The summed E-state index contributed by atoms with van der Waals surface area (Å²) in [5.41, 5.74) is 0.447.